The quantitative estimate of drug-likeness (QED) is 0.566. The van der Waals surface area contributed by atoms with Crippen LogP contribution in [-0.4, -0.2) is 58.0 Å². The van der Waals surface area contributed by atoms with Gasteiger partial charge < -0.3 is 9.64 Å². The van der Waals surface area contributed by atoms with Crippen molar-refractivity contribution in [1.82, 2.24) is 24.7 Å². The Kier molecular flexibility index (Phi) is 6.26. The van der Waals surface area contributed by atoms with Crippen molar-refractivity contribution in [2.45, 2.75) is 27.1 Å². The molecule has 30 heavy (non-hydrogen) atoms. The molecule has 1 aliphatic rings. The third kappa shape index (κ3) is 4.61. The summed E-state index contributed by atoms with van der Waals surface area (Å²) in [6.07, 6.45) is 0. The fourth-order valence-corrected chi connectivity index (χ4v) is 3.91. The molecule has 3 aromatic rings. The Bertz CT molecular complexity index is 1050. The largest absolute Gasteiger partial charge is 0.378 e. The zero-order valence-corrected chi connectivity index (χ0v) is 18.6. The Labute approximate surface area is 182 Å². The van der Waals surface area contributed by atoms with Crippen molar-refractivity contribution in [2.24, 2.45) is 0 Å². The first-order valence-corrected chi connectivity index (χ1v) is 10.6. The maximum absolute atomic E-state index is 5.64. The molecule has 0 amide bonds. The molecular formula is C22H28N6OS. The van der Waals surface area contributed by atoms with E-state index in [0.717, 1.165) is 44.1 Å². The molecule has 1 saturated heterocycles. The van der Waals surface area contributed by atoms with E-state index >= 15 is 0 Å². The van der Waals surface area contributed by atoms with Gasteiger partial charge in [0.2, 0.25) is 4.77 Å². The number of tetrazole rings is 1. The number of anilines is 1. The van der Waals surface area contributed by atoms with Crippen molar-refractivity contribution in [3.63, 3.8) is 0 Å². The fourth-order valence-electron chi connectivity index (χ4n) is 3.69. The number of aryl methyl sites for hydroxylation is 2. The van der Waals surface area contributed by atoms with Gasteiger partial charge in [-0.3, -0.25) is 4.90 Å². The van der Waals surface area contributed by atoms with Crippen molar-refractivity contribution in [3.05, 3.63) is 63.9 Å². The lowest BCUT2D eigenvalue weighted by Crippen LogP contribution is -2.36. The molecule has 8 heteroatoms. The average Bonchev–Trinajstić information content (AvgIpc) is 3.11. The molecule has 0 radical (unpaired) electrons. The molecule has 158 valence electrons. The molecular weight excluding hydrogens is 396 g/mol. The second kappa shape index (κ2) is 9.07. The van der Waals surface area contributed by atoms with E-state index in [9.17, 15) is 0 Å². The third-order valence-electron chi connectivity index (χ3n) is 5.37. The Morgan fingerprint density at radius 1 is 1.03 bits per heavy atom. The molecule has 4 rings (SSSR count). The molecule has 0 saturated carbocycles. The molecule has 0 unspecified atom stereocenters. The lowest BCUT2D eigenvalue weighted by atomic mass is 10.1. The maximum Gasteiger partial charge on any atom is 0.221 e. The Hall–Kier alpha value is -2.55. The fraction of sp³-hybridized carbons (Fsp3) is 0.409. The zero-order chi connectivity index (χ0) is 21.1. The lowest BCUT2D eigenvalue weighted by molar-refractivity contribution is 0.122. The topological polar surface area (TPSA) is 51.4 Å². The second-order valence-electron chi connectivity index (χ2n) is 7.88. The van der Waals surface area contributed by atoms with Crippen LogP contribution in [0, 0.1) is 18.6 Å². The molecule has 7 nitrogen and oxygen atoms in total. The summed E-state index contributed by atoms with van der Waals surface area (Å²) in [5.74, 6) is 0. The van der Waals surface area contributed by atoms with E-state index in [0.29, 0.717) is 11.4 Å². The molecule has 0 atom stereocenters. The standard InChI is InChI=1S/C22H28N6OS/c1-17-4-5-18(2)21(14-17)28-22(30)27(23-24-28)16-25(3)15-19-6-8-20(9-7-19)26-10-12-29-13-11-26/h4-9,14H,10-13,15-16H2,1-3H3. The molecule has 0 N–H and O–H groups in total. The van der Waals surface area contributed by atoms with Crippen LogP contribution in [0.3, 0.4) is 0 Å². The number of hydrogen-bond donors (Lipinski definition) is 0. The van der Waals surface area contributed by atoms with Gasteiger partial charge >= 0.3 is 0 Å². The van der Waals surface area contributed by atoms with Gasteiger partial charge in [0.25, 0.3) is 0 Å². The number of benzene rings is 2. The maximum atomic E-state index is 5.64. The third-order valence-corrected chi connectivity index (χ3v) is 5.76. The number of hydrogen-bond acceptors (Lipinski definition) is 6. The van der Waals surface area contributed by atoms with Gasteiger partial charge in [0.05, 0.1) is 25.6 Å². The van der Waals surface area contributed by atoms with Crippen molar-refractivity contribution in [2.75, 3.05) is 38.3 Å². The van der Waals surface area contributed by atoms with Crippen LogP contribution in [0.5, 0.6) is 0 Å². The van der Waals surface area contributed by atoms with Crippen LogP contribution >= 0.6 is 12.2 Å². The van der Waals surface area contributed by atoms with Crippen LogP contribution in [0.25, 0.3) is 5.69 Å². The van der Waals surface area contributed by atoms with Gasteiger partial charge in [-0.15, -0.1) is 0 Å². The van der Waals surface area contributed by atoms with Gasteiger partial charge in [0, 0.05) is 25.3 Å². The number of morpholine rings is 1. The van der Waals surface area contributed by atoms with Crippen LogP contribution < -0.4 is 4.90 Å². The van der Waals surface area contributed by atoms with E-state index in [2.05, 4.69) is 83.6 Å². The molecule has 0 bridgehead atoms. The van der Waals surface area contributed by atoms with Gasteiger partial charge in [-0.25, -0.2) is 4.68 Å². The number of ether oxygens (including phenoxy) is 1. The highest BCUT2D eigenvalue weighted by atomic mass is 32.1. The van der Waals surface area contributed by atoms with Crippen LogP contribution in [-0.2, 0) is 18.0 Å². The summed E-state index contributed by atoms with van der Waals surface area (Å²) in [6.45, 7) is 9.01. The van der Waals surface area contributed by atoms with E-state index in [1.807, 2.05) is 0 Å². The smallest absolute Gasteiger partial charge is 0.221 e. The summed E-state index contributed by atoms with van der Waals surface area (Å²) in [5, 5.41) is 8.58. The van der Waals surface area contributed by atoms with E-state index in [1.165, 1.54) is 16.8 Å². The highest BCUT2D eigenvalue weighted by molar-refractivity contribution is 7.71. The van der Waals surface area contributed by atoms with Crippen LogP contribution in [0.1, 0.15) is 16.7 Å². The first kappa shape index (κ1) is 20.7. The average molecular weight is 425 g/mol. The first-order valence-electron chi connectivity index (χ1n) is 10.2. The highest BCUT2D eigenvalue weighted by Crippen LogP contribution is 2.18. The number of nitrogens with zero attached hydrogens (tertiary/aromatic N) is 6. The Balaban J connectivity index is 1.42. The Morgan fingerprint density at radius 3 is 2.50 bits per heavy atom. The molecule has 1 aliphatic heterocycles. The van der Waals surface area contributed by atoms with Crippen LogP contribution in [0.15, 0.2) is 42.5 Å². The van der Waals surface area contributed by atoms with Gasteiger partial charge in [-0.2, -0.15) is 4.68 Å². The van der Waals surface area contributed by atoms with E-state index in [1.54, 1.807) is 9.36 Å². The number of rotatable bonds is 6. The number of aromatic nitrogens is 4. The van der Waals surface area contributed by atoms with E-state index in [-0.39, 0.29) is 0 Å². The monoisotopic (exact) mass is 424 g/mol. The summed E-state index contributed by atoms with van der Waals surface area (Å²) >= 11 is 5.64. The van der Waals surface area contributed by atoms with Crippen LogP contribution in [0.4, 0.5) is 5.69 Å². The zero-order valence-electron chi connectivity index (χ0n) is 17.8. The summed E-state index contributed by atoms with van der Waals surface area (Å²) in [5.41, 5.74) is 5.78. The minimum Gasteiger partial charge on any atom is -0.378 e. The second-order valence-corrected chi connectivity index (χ2v) is 8.25. The molecule has 2 aromatic carbocycles. The van der Waals surface area contributed by atoms with Crippen molar-refractivity contribution in [1.29, 1.82) is 0 Å². The van der Waals surface area contributed by atoms with Crippen molar-refractivity contribution < 1.29 is 4.74 Å². The predicted molar refractivity (Wildman–Crippen MR) is 121 cm³/mol. The van der Waals surface area contributed by atoms with Gasteiger partial charge in [-0.05, 0) is 78.4 Å². The summed E-state index contributed by atoms with van der Waals surface area (Å²) < 4.78 is 9.53. The van der Waals surface area contributed by atoms with Crippen LogP contribution in [0.2, 0.25) is 0 Å². The Morgan fingerprint density at radius 2 is 1.77 bits per heavy atom. The van der Waals surface area contributed by atoms with Crippen molar-refractivity contribution in [3.8, 4) is 5.69 Å². The SMILES string of the molecule is Cc1ccc(C)c(-n2nnn(CN(C)Cc3ccc(N4CCOCC4)cc3)c2=S)c1. The molecule has 2 heterocycles. The van der Waals surface area contributed by atoms with Gasteiger partial charge in [-0.1, -0.05) is 24.3 Å². The predicted octanol–water partition coefficient (Wildman–Crippen LogP) is 3.34. The molecule has 1 aromatic heterocycles. The minimum atomic E-state index is 0.578. The van der Waals surface area contributed by atoms with Crippen molar-refractivity contribution >= 4 is 17.9 Å². The molecule has 0 aliphatic carbocycles. The first-order chi connectivity index (χ1) is 14.5. The minimum absolute atomic E-state index is 0.578. The van der Waals surface area contributed by atoms with Gasteiger partial charge in [0.15, 0.2) is 0 Å². The summed E-state index contributed by atoms with van der Waals surface area (Å²) in [4.78, 5) is 4.55. The van der Waals surface area contributed by atoms with Gasteiger partial charge in [0.1, 0.15) is 0 Å². The lowest BCUT2D eigenvalue weighted by Gasteiger charge is -2.29. The molecule has 1 fully saturated rings. The van der Waals surface area contributed by atoms with E-state index < -0.39 is 0 Å². The summed E-state index contributed by atoms with van der Waals surface area (Å²) in [6, 6.07) is 15.0. The van der Waals surface area contributed by atoms with E-state index in [4.69, 9.17) is 17.0 Å². The normalized spacial score (nSPS) is 14.5. The highest BCUT2D eigenvalue weighted by Gasteiger charge is 2.12. The summed E-state index contributed by atoms with van der Waals surface area (Å²) in [7, 11) is 2.06. The molecule has 0 spiro atoms.